The van der Waals surface area contributed by atoms with Crippen molar-refractivity contribution in [3.63, 3.8) is 0 Å². The number of hydrogen-bond acceptors (Lipinski definition) is 4. The van der Waals surface area contributed by atoms with E-state index in [1.165, 1.54) is 0 Å². The first-order valence-electron chi connectivity index (χ1n) is 12.0. The van der Waals surface area contributed by atoms with Crippen LogP contribution in [-0.4, -0.2) is 34.1 Å². The minimum absolute atomic E-state index is 0.0152. The van der Waals surface area contributed by atoms with E-state index in [-0.39, 0.29) is 52.9 Å². The molecule has 3 aliphatic rings. The first-order chi connectivity index (χ1) is 14.8. The molecular formula is C25H37N3O3. The predicted molar refractivity (Wildman–Crippen MR) is 119 cm³/mol. The van der Waals surface area contributed by atoms with Gasteiger partial charge in [-0.2, -0.15) is 0 Å². The van der Waals surface area contributed by atoms with Crippen LogP contribution in [0.4, 0.5) is 0 Å². The molecular weight excluding hydrogens is 390 g/mol. The molecule has 0 radical (unpaired) electrons. The van der Waals surface area contributed by atoms with Gasteiger partial charge in [0.2, 0.25) is 11.8 Å². The fourth-order valence-corrected chi connectivity index (χ4v) is 6.19. The van der Waals surface area contributed by atoms with Crippen molar-refractivity contribution in [1.82, 2.24) is 15.6 Å². The molecule has 3 N–H and O–H groups in total. The minimum Gasteiger partial charge on any atom is -0.392 e. The van der Waals surface area contributed by atoms with Crippen LogP contribution in [-0.2, 0) is 16.1 Å². The molecule has 3 saturated carbocycles. The molecule has 1 heterocycles. The van der Waals surface area contributed by atoms with Gasteiger partial charge in [0.25, 0.3) is 0 Å². The molecule has 6 heteroatoms. The number of aliphatic hydroxyl groups excluding tert-OH is 1. The van der Waals surface area contributed by atoms with E-state index in [1.807, 2.05) is 19.1 Å². The Hall–Kier alpha value is -1.95. The molecule has 7 atom stereocenters. The Balaban J connectivity index is 1.41. The standard InChI is InChI=1S/C25H37N3O3/c1-15(23(30)27-14-17-5-4-12-26-13-17)19-8-10-25(3)11-9-20(16(2)21(25)22(19)29)28-24(31)18-6-7-18/h4-5,12-13,15-16,18-22,29H,6-11,14H2,1-3H3,(H,27,30)(H,28,31). The molecule has 6 nitrogen and oxygen atoms in total. The SMILES string of the molecule is CC(C(=O)NCc1cccnc1)C1CCC2(C)CCC(NC(=O)C3CC3)C(C)C2C1O. The second-order valence-electron chi connectivity index (χ2n) is 10.5. The number of aromatic nitrogens is 1. The molecule has 0 bridgehead atoms. The van der Waals surface area contributed by atoms with Crippen molar-refractivity contribution in [2.45, 2.75) is 78.0 Å². The maximum absolute atomic E-state index is 12.9. The van der Waals surface area contributed by atoms with Crippen molar-refractivity contribution < 1.29 is 14.7 Å². The van der Waals surface area contributed by atoms with Gasteiger partial charge < -0.3 is 15.7 Å². The highest BCUT2D eigenvalue weighted by Crippen LogP contribution is 2.55. The third-order valence-corrected chi connectivity index (χ3v) is 8.41. The van der Waals surface area contributed by atoms with Gasteiger partial charge in [-0.25, -0.2) is 0 Å². The Kier molecular flexibility index (Phi) is 6.38. The molecule has 1 aromatic heterocycles. The van der Waals surface area contributed by atoms with Gasteiger partial charge >= 0.3 is 0 Å². The van der Waals surface area contributed by atoms with E-state index < -0.39 is 6.10 Å². The van der Waals surface area contributed by atoms with Crippen LogP contribution in [0.25, 0.3) is 0 Å². The van der Waals surface area contributed by atoms with Crippen LogP contribution in [0.3, 0.4) is 0 Å². The Labute approximate surface area is 185 Å². The quantitative estimate of drug-likeness (QED) is 0.651. The van der Waals surface area contributed by atoms with Crippen molar-refractivity contribution >= 4 is 11.8 Å². The summed E-state index contributed by atoms with van der Waals surface area (Å²) in [5.41, 5.74) is 1.04. The molecule has 0 aromatic carbocycles. The zero-order valence-electron chi connectivity index (χ0n) is 19.0. The van der Waals surface area contributed by atoms with Gasteiger partial charge in [0.15, 0.2) is 0 Å². The van der Waals surface area contributed by atoms with Gasteiger partial charge in [-0.15, -0.1) is 0 Å². The van der Waals surface area contributed by atoms with Crippen molar-refractivity contribution in [2.24, 2.45) is 35.0 Å². The van der Waals surface area contributed by atoms with Crippen molar-refractivity contribution in [3.05, 3.63) is 30.1 Å². The maximum atomic E-state index is 12.9. The second kappa shape index (κ2) is 8.89. The van der Waals surface area contributed by atoms with E-state index in [0.29, 0.717) is 6.54 Å². The van der Waals surface area contributed by atoms with E-state index >= 15 is 0 Å². The Morgan fingerprint density at radius 1 is 1.26 bits per heavy atom. The Bertz CT molecular complexity index is 796. The molecule has 3 fully saturated rings. The third kappa shape index (κ3) is 4.64. The lowest BCUT2D eigenvalue weighted by molar-refractivity contribution is -0.144. The number of amides is 2. The largest absolute Gasteiger partial charge is 0.392 e. The average molecular weight is 428 g/mol. The molecule has 1 aromatic rings. The third-order valence-electron chi connectivity index (χ3n) is 8.41. The van der Waals surface area contributed by atoms with Crippen LogP contribution < -0.4 is 10.6 Å². The molecule has 4 rings (SSSR count). The number of pyridine rings is 1. The first kappa shape index (κ1) is 22.3. The number of nitrogens with one attached hydrogen (secondary N) is 2. The minimum atomic E-state index is -0.534. The van der Waals surface area contributed by atoms with Crippen LogP contribution in [0, 0.1) is 35.0 Å². The molecule has 3 aliphatic carbocycles. The summed E-state index contributed by atoms with van der Waals surface area (Å²) < 4.78 is 0. The number of hydrogen-bond donors (Lipinski definition) is 3. The summed E-state index contributed by atoms with van der Waals surface area (Å²) in [6.07, 6.45) is 8.83. The molecule has 0 aliphatic heterocycles. The second-order valence-corrected chi connectivity index (χ2v) is 10.5. The fourth-order valence-electron chi connectivity index (χ4n) is 6.19. The normalized spacial score (nSPS) is 36.2. The fraction of sp³-hybridized carbons (Fsp3) is 0.720. The summed E-state index contributed by atoms with van der Waals surface area (Å²) in [4.78, 5) is 29.3. The molecule has 31 heavy (non-hydrogen) atoms. The van der Waals surface area contributed by atoms with E-state index in [2.05, 4.69) is 29.5 Å². The van der Waals surface area contributed by atoms with Gasteiger partial charge in [-0.3, -0.25) is 14.6 Å². The van der Waals surface area contributed by atoms with E-state index in [1.54, 1.807) is 12.4 Å². The van der Waals surface area contributed by atoms with Gasteiger partial charge in [-0.1, -0.05) is 26.8 Å². The Morgan fingerprint density at radius 3 is 2.68 bits per heavy atom. The van der Waals surface area contributed by atoms with Crippen molar-refractivity contribution in [3.8, 4) is 0 Å². The number of nitrogens with zero attached hydrogens (tertiary/aromatic N) is 1. The number of rotatable bonds is 6. The first-order valence-corrected chi connectivity index (χ1v) is 12.0. The average Bonchev–Trinajstić information content (AvgIpc) is 3.60. The van der Waals surface area contributed by atoms with Crippen LogP contribution >= 0.6 is 0 Å². The van der Waals surface area contributed by atoms with E-state index in [4.69, 9.17) is 0 Å². The predicted octanol–water partition coefficient (Wildman–Crippen LogP) is 3.05. The molecule has 0 spiro atoms. The highest BCUT2D eigenvalue weighted by molar-refractivity contribution is 5.81. The van der Waals surface area contributed by atoms with Crippen LogP contribution in [0.5, 0.6) is 0 Å². The lowest BCUT2D eigenvalue weighted by atomic mass is 9.51. The van der Waals surface area contributed by atoms with E-state index in [0.717, 1.165) is 44.1 Å². The lowest BCUT2D eigenvalue weighted by Gasteiger charge is -2.56. The molecule has 0 saturated heterocycles. The smallest absolute Gasteiger partial charge is 0.223 e. The molecule has 170 valence electrons. The number of carbonyl (C=O) groups is 2. The van der Waals surface area contributed by atoms with Gasteiger partial charge in [0.05, 0.1) is 6.10 Å². The lowest BCUT2D eigenvalue weighted by Crippen LogP contribution is -2.58. The van der Waals surface area contributed by atoms with Crippen LogP contribution in [0.15, 0.2) is 24.5 Å². The summed E-state index contributed by atoms with van der Waals surface area (Å²) in [6, 6.07) is 3.92. The van der Waals surface area contributed by atoms with Gasteiger partial charge in [0.1, 0.15) is 0 Å². The number of carbonyl (C=O) groups excluding carboxylic acids is 2. The van der Waals surface area contributed by atoms with Gasteiger partial charge in [0, 0.05) is 36.8 Å². The highest BCUT2D eigenvalue weighted by Gasteiger charge is 2.54. The molecule has 7 unspecified atom stereocenters. The van der Waals surface area contributed by atoms with Gasteiger partial charge in [-0.05, 0) is 73.3 Å². The highest BCUT2D eigenvalue weighted by atomic mass is 16.3. The Morgan fingerprint density at radius 2 is 2.00 bits per heavy atom. The monoisotopic (exact) mass is 427 g/mol. The summed E-state index contributed by atoms with van der Waals surface area (Å²) in [5.74, 6) is 0.345. The summed E-state index contributed by atoms with van der Waals surface area (Å²) >= 11 is 0. The zero-order chi connectivity index (χ0) is 22.2. The van der Waals surface area contributed by atoms with Crippen LogP contribution in [0.1, 0.15) is 64.9 Å². The number of fused-ring (bicyclic) bond motifs is 1. The number of aliphatic hydroxyl groups is 1. The van der Waals surface area contributed by atoms with Crippen molar-refractivity contribution in [1.29, 1.82) is 0 Å². The molecule has 2 amide bonds. The van der Waals surface area contributed by atoms with Crippen LogP contribution in [0.2, 0.25) is 0 Å². The van der Waals surface area contributed by atoms with E-state index in [9.17, 15) is 14.7 Å². The zero-order valence-corrected chi connectivity index (χ0v) is 19.0. The summed E-state index contributed by atoms with van der Waals surface area (Å²) in [6.45, 7) is 6.86. The maximum Gasteiger partial charge on any atom is 0.223 e. The summed E-state index contributed by atoms with van der Waals surface area (Å²) in [5, 5.41) is 17.8. The summed E-state index contributed by atoms with van der Waals surface area (Å²) in [7, 11) is 0. The topological polar surface area (TPSA) is 91.3 Å². The van der Waals surface area contributed by atoms with Crippen molar-refractivity contribution in [2.75, 3.05) is 0 Å².